The number of hydrogen-bond acceptors (Lipinski definition) is 2. The predicted octanol–water partition coefficient (Wildman–Crippen LogP) is 1.52. The average Bonchev–Trinajstić information content (AvgIpc) is 2.40. The number of amides is 2. The SMILES string of the molecule is CCC1(C)CCN(C(=O)N2CCNCC2)CC1. The van der Waals surface area contributed by atoms with E-state index in [1.54, 1.807) is 0 Å². The van der Waals surface area contributed by atoms with E-state index in [9.17, 15) is 4.79 Å². The Kier molecular flexibility index (Phi) is 3.92. The van der Waals surface area contributed by atoms with E-state index in [0.717, 1.165) is 52.1 Å². The topological polar surface area (TPSA) is 35.6 Å². The van der Waals surface area contributed by atoms with Crippen molar-refractivity contribution in [1.29, 1.82) is 0 Å². The van der Waals surface area contributed by atoms with Crippen LogP contribution < -0.4 is 5.32 Å². The minimum absolute atomic E-state index is 0.254. The Labute approximate surface area is 104 Å². The molecule has 2 aliphatic rings. The summed E-state index contributed by atoms with van der Waals surface area (Å²) in [5.41, 5.74) is 0.459. The summed E-state index contributed by atoms with van der Waals surface area (Å²) in [6.07, 6.45) is 3.53. The highest BCUT2D eigenvalue weighted by Crippen LogP contribution is 2.34. The molecular weight excluding hydrogens is 214 g/mol. The zero-order valence-electron chi connectivity index (χ0n) is 11.2. The third-order valence-electron chi connectivity index (χ3n) is 4.48. The molecule has 0 aromatic carbocycles. The third-order valence-corrected chi connectivity index (χ3v) is 4.48. The molecule has 0 bridgehead atoms. The van der Waals surface area contributed by atoms with Gasteiger partial charge in [-0.3, -0.25) is 0 Å². The van der Waals surface area contributed by atoms with Gasteiger partial charge in [-0.15, -0.1) is 0 Å². The van der Waals surface area contributed by atoms with Crippen LogP contribution in [0.4, 0.5) is 4.79 Å². The number of likely N-dealkylation sites (tertiary alicyclic amines) is 1. The Morgan fingerprint density at radius 3 is 2.18 bits per heavy atom. The Hall–Kier alpha value is -0.770. The van der Waals surface area contributed by atoms with Gasteiger partial charge in [-0.1, -0.05) is 20.3 Å². The molecule has 2 rings (SSSR count). The van der Waals surface area contributed by atoms with Crippen molar-refractivity contribution >= 4 is 6.03 Å². The van der Waals surface area contributed by atoms with Gasteiger partial charge in [0.25, 0.3) is 0 Å². The molecule has 17 heavy (non-hydrogen) atoms. The maximum Gasteiger partial charge on any atom is 0.320 e. The predicted molar refractivity (Wildman–Crippen MR) is 69.0 cm³/mol. The molecule has 98 valence electrons. The highest BCUT2D eigenvalue weighted by atomic mass is 16.2. The molecule has 0 spiro atoms. The summed E-state index contributed by atoms with van der Waals surface area (Å²) in [5.74, 6) is 0. The van der Waals surface area contributed by atoms with Gasteiger partial charge in [-0.05, 0) is 18.3 Å². The third kappa shape index (κ3) is 2.92. The Morgan fingerprint density at radius 1 is 1.12 bits per heavy atom. The zero-order valence-corrected chi connectivity index (χ0v) is 11.2. The van der Waals surface area contributed by atoms with Gasteiger partial charge in [0, 0.05) is 39.3 Å². The van der Waals surface area contributed by atoms with Crippen LogP contribution in [-0.4, -0.2) is 55.1 Å². The van der Waals surface area contributed by atoms with E-state index >= 15 is 0 Å². The van der Waals surface area contributed by atoms with Crippen molar-refractivity contribution in [2.45, 2.75) is 33.1 Å². The quantitative estimate of drug-likeness (QED) is 0.753. The number of carbonyl (C=O) groups excluding carboxylic acids is 1. The number of rotatable bonds is 1. The van der Waals surface area contributed by atoms with Crippen molar-refractivity contribution < 1.29 is 4.79 Å². The van der Waals surface area contributed by atoms with Crippen molar-refractivity contribution in [1.82, 2.24) is 15.1 Å². The van der Waals surface area contributed by atoms with E-state index in [-0.39, 0.29) is 6.03 Å². The minimum Gasteiger partial charge on any atom is -0.325 e. The van der Waals surface area contributed by atoms with Crippen LogP contribution in [0.25, 0.3) is 0 Å². The standard InChI is InChI=1S/C13H25N3O/c1-3-13(2)4-8-15(9-5-13)12(17)16-10-6-14-7-11-16/h14H,3-11H2,1-2H3. The molecule has 2 fully saturated rings. The maximum atomic E-state index is 12.3. The average molecular weight is 239 g/mol. The van der Waals surface area contributed by atoms with Crippen molar-refractivity contribution in [3.63, 3.8) is 0 Å². The molecule has 0 aromatic rings. The molecule has 0 aromatic heterocycles. The molecule has 0 aliphatic carbocycles. The van der Waals surface area contributed by atoms with Gasteiger partial charge in [0.05, 0.1) is 0 Å². The number of nitrogens with zero attached hydrogens (tertiary/aromatic N) is 2. The number of piperidine rings is 1. The highest BCUT2D eigenvalue weighted by Gasteiger charge is 2.32. The number of hydrogen-bond donors (Lipinski definition) is 1. The lowest BCUT2D eigenvalue weighted by atomic mass is 9.78. The largest absolute Gasteiger partial charge is 0.325 e. The van der Waals surface area contributed by atoms with Crippen LogP contribution in [0.1, 0.15) is 33.1 Å². The second-order valence-electron chi connectivity index (χ2n) is 5.67. The lowest BCUT2D eigenvalue weighted by molar-refractivity contribution is 0.0993. The first kappa shape index (κ1) is 12.7. The molecule has 2 aliphatic heterocycles. The summed E-state index contributed by atoms with van der Waals surface area (Å²) in [6, 6.07) is 0.254. The van der Waals surface area contributed by atoms with Crippen molar-refractivity contribution in [2.24, 2.45) is 5.41 Å². The highest BCUT2D eigenvalue weighted by molar-refractivity contribution is 5.74. The summed E-state index contributed by atoms with van der Waals surface area (Å²) >= 11 is 0. The molecule has 2 saturated heterocycles. The molecular formula is C13H25N3O. The van der Waals surface area contributed by atoms with Crippen LogP contribution in [0.3, 0.4) is 0 Å². The van der Waals surface area contributed by atoms with E-state index in [1.165, 1.54) is 6.42 Å². The van der Waals surface area contributed by atoms with Crippen LogP contribution >= 0.6 is 0 Å². The first-order valence-electron chi connectivity index (χ1n) is 6.89. The van der Waals surface area contributed by atoms with Crippen LogP contribution in [-0.2, 0) is 0 Å². The van der Waals surface area contributed by atoms with Crippen molar-refractivity contribution in [3.05, 3.63) is 0 Å². The van der Waals surface area contributed by atoms with Gasteiger partial charge in [-0.2, -0.15) is 0 Å². The van der Waals surface area contributed by atoms with Crippen LogP contribution in [0.2, 0.25) is 0 Å². The summed E-state index contributed by atoms with van der Waals surface area (Å²) in [4.78, 5) is 16.3. The summed E-state index contributed by atoms with van der Waals surface area (Å²) in [7, 11) is 0. The molecule has 0 saturated carbocycles. The fourth-order valence-electron chi connectivity index (χ4n) is 2.65. The lowest BCUT2D eigenvalue weighted by Crippen LogP contribution is -2.53. The molecule has 0 atom stereocenters. The molecule has 2 amide bonds. The van der Waals surface area contributed by atoms with Gasteiger partial charge in [0.2, 0.25) is 0 Å². The maximum absolute atomic E-state index is 12.3. The minimum atomic E-state index is 0.254. The van der Waals surface area contributed by atoms with Crippen LogP contribution in [0.15, 0.2) is 0 Å². The van der Waals surface area contributed by atoms with Crippen LogP contribution in [0.5, 0.6) is 0 Å². The van der Waals surface area contributed by atoms with E-state index in [0.29, 0.717) is 5.41 Å². The van der Waals surface area contributed by atoms with E-state index in [1.807, 2.05) is 9.80 Å². The first-order valence-corrected chi connectivity index (χ1v) is 6.89. The number of nitrogens with one attached hydrogen (secondary N) is 1. The zero-order chi connectivity index (χ0) is 12.3. The second-order valence-corrected chi connectivity index (χ2v) is 5.67. The summed E-state index contributed by atoms with van der Waals surface area (Å²) in [6.45, 7) is 10.1. The fraction of sp³-hybridized carbons (Fsp3) is 0.923. The molecule has 1 N–H and O–H groups in total. The van der Waals surface area contributed by atoms with Gasteiger partial charge < -0.3 is 15.1 Å². The fourth-order valence-corrected chi connectivity index (χ4v) is 2.65. The summed E-state index contributed by atoms with van der Waals surface area (Å²) < 4.78 is 0. The second kappa shape index (κ2) is 5.25. The normalized spacial score (nSPS) is 24.8. The number of carbonyl (C=O) groups is 1. The monoisotopic (exact) mass is 239 g/mol. The van der Waals surface area contributed by atoms with E-state index < -0.39 is 0 Å². The molecule has 2 heterocycles. The van der Waals surface area contributed by atoms with Crippen LogP contribution in [0, 0.1) is 5.41 Å². The van der Waals surface area contributed by atoms with E-state index in [4.69, 9.17) is 0 Å². The molecule has 0 radical (unpaired) electrons. The molecule has 0 unspecified atom stereocenters. The van der Waals surface area contributed by atoms with E-state index in [2.05, 4.69) is 19.2 Å². The Balaban J connectivity index is 1.85. The number of urea groups is 1. The first-order chi connectivity index (χ1) is 8.14. The van der Waals surface area contributed by atoms with Gasteiger partial charge in [0.15, 0.2) is 0 Å². The molecule has 4 nitrogen and oxygen atoms in total. The smallest absolute Gasteiger partial charge is 0.320 e. The Bertz CT molecular complexity index is 266. The van der Waals surface area contributed by atoms with Gasteiger partial charge in [-0.25, -0.2) is 4.79 Å². The van der Waals surface area contributed by atoms with Gasteiger partial charge >= 0.3 is 6.03 Å². The summed E-state index contributed by atoms with van der Waals surface area (Å²) in [5, 5.41) is 3.28. The Morgan fingerprint density at radius 2 is 1.65 bits per heavy atom. The van der Waals surface area contributed by atoms with Gasteiger partial charge in [0.1, 0.15) is 0 Å². The van der Waals surface area contributed by atoms with Crippen molar-refractivity contribution in [2.75, 3.05) is 39.3 Å². The molecule has 4 heteroatoms. The lowest BCUT2D eigenvalue weighted by Gasteiger charge is -2.41. The van der Waals surface area contributed by atoms with Crippen molar-refractivity contribution in [3.8, 4) is 0 Å². The number of piperazine rings is 1.